The van der Waals surface area contributed by atoms with Crippen LogP contribution in [0.2, 0.25) is 0 Å². The van der Waals surface area contributed by atoms with E-state index in [0.717, 1.165) is 36.2 Å². The molecule has 14 rings (SSSR count). The van der Waals surface area contributed by atoms with Gasteiger partial charge in [-0.25, -0.2) is 4.79 Å². The minimum Gasteiger partial charge on any atom is -0.478 e. The van der Waals surface area contributed by atoms with Crippen molar-refractivity contribution >= 4 is 123 Å². The number of thioether (sulfide) groups is 1. The highest BCUT2D eigenvalue weighted by molar-refractivity contribution is 8.00. The predicted octanol–water partition coefficient (Wildman–Crippen LogP) is 28.4. The number of allylic oxidation sites excluding steroid dienone is 1. The Bertz CT molecular complexity index is 4720. The fourth-order valence-corrected chi connectivity index (χ4v) is 23.9. The number of carboxylic acid groups (broad SMARTS) is 1. The van der Waals surface area contributed by atoms with Crippen molar-refractivity contribution in [2.24, 2.45) is 4.99 Å². The smallest absolute Gasteiger partial charge is 0.335 e. The zero-order chi connectivity index (χ0) is 68.0. The van der Waals surface area contributed by atoms with Gasteiger partial charge in [-0.2, -0.15) is 0 Å². The number of carbonyl (C=O) groups is 1. The van der Waals surface area contributed by atoms with E-state index in [1.54, 1.807) is 32.5 Å². The lowest BCUT2D eigenvalue weighted by atomic mass is 9.80. The van der Waals surface area contributed by atoms with Gasteiger partial charge in [-0.3, -0.25) is 4.99 Å². The Balaban J connectivity index is 0.831. The number of fused-ring (bicyclic) bond motifs is 10. The normalized spacial score (nSPS) is 16.7. The third kappa shape index (κ3) is 12.8. The molecule has 98 heavy (non-hydrogen) atoms. The lowest BCUT2D eigenvalue weighted by Crippen LogP contribution is -2.24. The number of rotatable bonds is 29. The molecular weight excluding hydrogens is 1290 g/mol. The highest BCUT2D eigenvalue weighted by Gasteiger charge is 2.41. The minimum absolute atomic E-state index is 0.0752. The number of nitrogens with zero attached hydrogens (tertiary/aromatic N) is 2. The predicted molar refractivity (Wildman–Crippen MR) is 431 cm³/mol. The van der Waals surface area contributed by atoms with E-state index in [-0.39, 0.29) is 16.2 Å². The van der Waals surface area contributed by atoms with Crippen LogP contribution in [0.5, 0.6) is 0 Å². The van der Waals surface area contributed by atoms with Crippen LogP contribution in [0.4, 0.5) is 22.7 Å². The number of unbranched alkanes of at least 4 members (excludes halogenated alkanes) is 12. The maximum atomic E-state index is 12.1. The van der Waals surface area contributed by atoms with Crippen molar-refractivity contribution < 1.29 is 9.90 Å². The van der Waals surface area contributed by atoms with E-state index in [2.05, 4.69) is 253 Å². The van der Waals surface area contributed by atoms with Crippen LogP contribution in [-0.4, -0.2) is 22.0 Å². The van der Waals surface area contributed by atoms with Gasteiger partial charge in [0.05, 0.1) is 17.0 Å². The highest BCUT2D eigenvalue weighted by Crippen LogP contribution is 2.58. The summed E-state index contributed by atoms with van der Waals surface area (Å²) in [7, 11) is 0. The summed E-state index contributed by atoms with van der Waals surface area (Å²) in [4.78, 5) is 28.7. The van der Waals surface area contributed by atoms with Crippen LogP contribution in [-0.2, 0) is 35.5 Å². The average Bonchev–Trinajstić information content (AvgIpc) is 1.55. The van der Waals surface area contributed by atoms with Gasteiger partial charge in [0.1, 0.15) is 0 Å². The topological polar surface area (TPSA) is 52.9 Å². The van der Waals surface area contributed by atoms with E-state index in [4.69, 9.17) is 4.99 Å². The van der Waals surface area contributed by atoms with E-state index in [1.165, 1.54) is 210 Å². The Kier molecular flexibility index (Phi) is 20.1. The minimum atomic E-state index is -0.895. The highest BCUT2D eigenvalue weighted by atomic mass is 32.2. The second-order valence-electron chi connectivity index (χ2n) is 29.9. The van der Waals surface area contributed by atoms with Crippen molar-refractivity contribution in [2.75, 3.05) is 4.90 Å². The lowest BCUT2D eigenvalue weighted by molar-refractivity contribution is 0.0696. The molecule has 2 atom stereocenters. The quantitative estimate of drug-likeness (QED) is 0.0475. The molecule has 1 N–H and O–H groups in total. The van der Waals surface area contributed by atoms with Gasteiger partial charge < -0.3 is 10.0 Å². The summed E-state index contributed by atoms with van der Waals surface area (Å²) >= 11 is 10.4. The van der Waals surface area contributed by atoms with E-state index in [9.17, 15) is 9.90 Å². The van der Waals surface area contributed by atoms with Gasteiger partial charge in [0.25, 0.3) is 0 Å². The van der Waals surface area contributed by atoms with Gasteiger partial charge in [-0.15, -0.1) is 57.1 Å². The number of carboxylic acids is 1. The molecule has 2 unspecified atom stereocenters. The summed E-state index contributed by atoms with van der Waals surface area (Å²) in [5.41, 5.74) is 21.9. The molecule has 0 bridgehead atoms. The van der Waals surface area contributed by atoms with Gasteiger partial charge in [0, 0.05) is 87.9 Å². The van der Waals surface area contributed by atoms with Crippen molar-refractivity contribution in [1.29, 1.82) is 0 Å². The lowest BCUT2D eigenvalue weighted by Gasteiger charge is -2.29. The van der Waals surface area contributed by atoms with Crippen LogP contribution >= 0.6 is 57.1 Å². The number of aliphatic imine (C=N–C) groups is 1. The maximum Gasteiger partial charge on any atom is 0.335 e. The van der Waals surface area contributed by atoms with E-state index < -0.39 is 5.97 Å². The third-order valence-electron chi connectivity index (χ3n) is 22.2. The molecule has 6 heterocycles. The first-order valence-electron chi connectivity index (χ1n) is 37.1. The Morgan fingerprint density at radius 2 is 1.07 bits per heavy atom. The van der Waals surface area contributed by atoms with E-state index in [1.807, 2.05) is 23.5 Å². The molecule has 4 aromatic heterocycles. The Morgan fingerprint density at radius 1 is 0.500 bits per heavy atom. The zero-order valence-corrected chi connectivity index (χ0v) is 63.6. The molecule has 0 saturated heterocycles. The van der Waals surface area contributed by atoms with Crippen LogP contribution in [0.3, 0.4) is 0 Å². The van der Waals surface area contributed by atoms with Gasteiger partial charge in [-0.05, 0) is 196 Å². The molecule has 4 aliphatic rings. The van der Waals surface area contributed by atoms with E-state index >= 15 is 0 Å². The first-order chi connectivity index (χ1) is 47.5. The van der Waals surface area contributed by atoms with E-state index in [0.29, 0.717) is 16.7 Å². The van der Waals surface area contributed by atoms with Crippen molar-refractivity contribution in [3.63, 3.8) is 0 Å². The Morgan fingerprint density at radius 3 is 1.77 bits per heavy atom. The molecule has 0 radical (unpaired) electrons. The second kappa shape index (κ2) is 28.8. The molecule has 0 amide bonds. The molecule has 506 valence electrons. The summed E-state index contributed by atoms with van der Waals surface area (Å²) in [6, 6.07) is 47.8. The largest absolute Gasteiger partial charge is 0.478 e. The van der Waals surface area contributed by atoms with Gasteiger partial charge in [-0.1, -0.05) is 226 Å². The number of hydrogen-bond donors (Lipinski definition) is 1. The van der Waals surface area contributed by atoms with Crippen molar-refractivity contribution in [3.8, 4) is 32.0 Å². The summed E-state index contributed by atoms with van der Waals surface area (Å²) in [6.45, 7) is 23.3. The Labute approximate surface area is 604 Å². The molecule has 0 saturated carbocycles. The van der Waals surface area contributed by atoms with Crippen molar-refractivity contribution in [2.45, 2.75) is 230 Å². The number of aromatic carboxylic acids is 1. The standard InChI is InChI=1S/C89H98N2O2S5/c1-11-15-19-23-33-64-75(95-83-65(34-24-20-16-12-2)77(96-82(64)83)49-50-80-89(9,10)73-51-57(86(92)93)40-46-74(73)90-80)47-48-76-66(35-25-21-17-13-3)84-85(97-76)67(36-26-22-18-14-4)81(98-84)79-52-56-39-41-60(55-78(56)94-79)91(58-43-45-71-68(53-58)62-32-28-30-38-70(62)87(71,5)6)59-42-44-63-61-31-27-29-37-69(61)88(7,8)72(63)54-59/h27-32,37-55,65,77H,11-26,33-36H2,1-10H3,(H,92,93)/b48-47+,50-49+. The number of thiophene rings is 4. The molecule has 2 aliphatic heterocycles. The zero-order valence-electron chi connectivity index (χ0n) is 59.5. The third-order valence-corrected chi connectivity index (χ3v) is 29.1. The first-order valence-corrected chi connectivity index (χ1v) is 41.2. The van der Waals surface area contributed by atoms with Crippen molar-refractivity contribution in [3.05, 3.63) is 204 Å². The van der Waals surface area contributed by atoms with Crippen LogP contribution in [0, 0.1) is 0 Å². The van der Waals surface area contributed by atoms with Gasteiger partial charge in [0.2, 0.25) is 0 Å². The monoisotopic (exact) mass is 1390 g/mol. The molecule has 6 aromatic carbocycles. The van der Waals surface area contributed by atoms with Crippen LogP contribution in [0.1, 0.15) is 254 Å². The second-order valence-corrected chi connectivity index (χ2v) is 35.4. The molecule has 10 aromatic rings. The molecule has 4 nitrogen and oxygen atoms in total. The number of aryl methyl sites for hydroxylation is 2. The van der Waals surface area contributed by atoms with Gasteiger partial charge in [0.15, 0.2) is 0 Å². The SMILES string of the molecule is CCCCCCc1c(/C=C/c2sc3c(CCCCCC)c(-c4cc5ccc(N(c6ccc7c(c6)-c6ccccc6C7(C)C)c6ccc7c(c6)C(C)(C)c6ccccc6-7)cc5s4)sc3c2CCCCCC)sc2c1SC(/C=C/C1=Nc3ccc(C(=O)O)cc3C1(C)C)C2CCCCCC. The molecule has 0 spiro atoms. The molecule has 0 fully saturated rings. The number of anilines is 3. The fraction of sp³-hybridized carbons (Fsp3) is 0.393. The maximum absolute atomic E-state index is 12.1. The molecular formula is C89H98N2O2S5. The Hall–Kier alpha value is -6.59. The van der Waals surface area contributed by atoms with Crippen molar-refractivity contribution in [1.82, 2.24) is 0 Å². The summed E-state index contributed by atoms with van der Waals surface area (Å²) < 4.78 is 4.39. The summed E-state index contributed by atoms with van der Waals surface area (Å²) in [5, 5.41) is 11.5. The van der Waals surface area contributed by atoms with Crippen LogP contribution in [0.25, 0.3) is 63.6 Å². The molecule has 2 aliphatic carbocycles. The van der Waals surface area contributed by atoms with Crippen LogP contribution in [0.15, 0.2) is 149 Å². The number of hydrogen-bond acceptors (Lipinski definition) is 8. The van der Waals surface area contributed by atoms with Gasteiger partial charge >= 0.3 is 5.97 Å². The summed E-state index contributed by atoms with van der Waals surface area (Å²) in [6.07, 6.45) is 34.4. The molecule has 9 heteroatoms. The summed E-state index contributed by atoms with van der Waals surface area (Å²) in [5.74, 6) is -0.453. The fourth-order valence-electron chi connectivity index (χ4n) is 16.5. The average molecular weight is 1390 g/mol. The number of benzene rings is 6. The first kappa shape index (κ1) is 68.5. The van der Waals surface area contributed by atoms with Crippen LogP contribution < -0.4 is 4.90 Å².